The summed E-state index contributed by atoms with van der Waals surface area (Å²) in [7, 11) is 2.24. The summed E-state index contributed by atoms with van der Waals surface area (Å²) in [5.74, 6) is 0.886. The van der Waals surface area contributed by atoms with Crippen molar-refractivity contribution in [3.05, 3.63) is 29.6 Å². The molecule has 1 fully saturated rings. The lowest BCUT2D eigenvalue weighted by molar-refractivity contribution is 0.256. The summed E-state index contributed by atoms with van der Waals surface area (Å²) in [4.78, 5) is 6.76. The Kier molecular flexibility index (Phi) is 4.95. The Morgan fingerprint density at radius 2 is 2.12 bits per heavy atom. The van der Waals surface area contributed by atoms with Crippen LogP contribution >= 0.6 is 34.0 Å². The average Bonchev–Trinajstić information content (AvgIpc) is 2.61. The normalized spacial score (nSPS) is 27.3. The van der Waals surface area contributed by atoms with Gasteiger partial charge >= 0.3 is 0 Å². The van der Waals surface area contributed by atoms with Gasteiger partial charge in [-0.2, -0.15) is 0 Å². The average molecular weight is 350 g/mol. The molecule has 3 rings (SSSR count). The van der Waals surface area contributed by atoms with Gasteiger partial charge in [-0.15, -0.1) is 34.0 Å². The van der Waals surface area contributed by atoms with Crippen LogP contribution in [0.25, 0.3) is 0 Å². The summed E-state index contributed by atoms with van der Waals surface area (Å²) >= 11 is 0. The van der Waals surface area contributed by atoms with Gasteiger partial charge in [-0.05, 0) is 56.0 Å². The van der Waals surface area contributed by atoms with E-state index in [0.717, 1.165) is 5.92 Å². The molecule has 1 aromatic rings. The number of likely N-dealkylation sites (tertiary alicyclic amines) is 1. The fourth-order valence-corrected chi connectivity index (χ4v) is 3.09. The summed E-state index contributed by atoms with van der Waals surface area (Å²) in [5.41, 5.74) is 3.01. The first-order valence-electron chi connectivity index (χ1n) is 5.49. The van der Waals surface area contributed by atoms with Crippen LogP contribution in [0.15, 0.2) is 18.5 Å². The van der Waals surface area contributed by atoms with Crippen LogP contribution in [0, 0.1) is 5.92 Å². The number of aryl methyl sites for hydroxylation is 1. The van der Waals surface area contributed by atoms with Crippen LogP contribution in [0.5, 0.6) is 0 Å². The summed E-state index contributed by atoms with van der Waals surface area (Å²) in [6.07, 6.45) is 8.00. The van der Waals surface area contributed by atoms with Gasteiger partial charge < -0.3 is 0 Å². The second-order valence-corrected chi connectivity index (χ2v) is 4.59. The molecule has 0 bridgehead atoms. The summed E-state index contributed by atoms with van der Waals surface area (Å²) in [6.45, 7) is 1.25. The van der Waals surface area contributed by atoms with E-state index in [2.05, 4.69) is 29.2 Å². The predicted molar refractivity (Wildman–Crippen MR) is 76.7 cm³/mol. The molecule has 2 heterocycles. The van der Waals surface area contributed by atoms with E-state index in [4.69, 9.17) is 0 Å². The van der Waals surface area contributed by atoms with Crippen molar-refractivity contribution in [2.75, 3.05) is 13.6 Å². The quantitative estimate of drug-likeness (QED) is 0.715. The van der Waals surface area contributed by atoms with Crippen molar-refractivity contribution in [2.24, 2.45) is 5.92 Å². The monoisotopic (exact) mass is 348 g/mol. The molecule has 1 aliphatic heterocycles. The molecule has 0 spiro atoms. The van der Waals surface area contributed by atoms with Gasteiger partial charge in [0.2, 0.25) is 0 Å². The molecule has 2 nitrogen and oxygen atoms in total. The van der Waals surface area contributed by atoms with E-state index < -0.39 is 0 Å². The third-order valence-electron chi connectivity index (χ3n) is 3.82. The molecule has 1 saturated heterocycles. The van der Waals surface area contributed by atoms with Gasteiger partial charge in [0.05, 0.1) is 0 Å². The smallest absolute Gasteiger partial charge is 0.0391 e. The zero-order valence-electron chi connectivity index (χ0n) is 9.43. The number of halogens is 2. The molecule has 0 saturated carbocycles. The highest BCUT2D eigenvalue weighted by molar-refractivity contribution is 8.93. The lowest BCUT2D eigenvalue weighted by Crippen LogP contribution is -2.25. The van der Waals surface area contributed by atoms with E-state index in [-0.39, 0.29) is 34.0 Å². The first kappa shape index (κ1) is 14.1. The largest absolute Gasteiger partial charge is 0.299 e. The molecule has 0 N–H and O–H groups in total. The van der Waals surface area contributed by atoms with E-state index in [1.54, 1.807) is 0 Å². The van der Waals surface area contributed by atoms with Gasteiger partial charge in [-0.3, -0.25) is 9.88 Å². The van der Waals surface area contributed by atoms with Crippen LogP contribution in [0.3, 0.4) is 0 Å². The number of pyridine rings is 1. The highest BCUT2D eigenvalue weighted by Gasteiger charge is 2.36. The van der Waals surface area contributed by atoms with Crippen LogP contribution in [0.1, 0.15) is 30.0 Å². The number of nitrogens with zero attached hydrogens (tertiary/aromatic N) is 2. The van der Waals surface area contributed by atoms with Crippen molar-refractivity contribution in [3.8, 4) is 0 Å². The maximum atomic E-state index is 4.27. The maximum absolute atomic E-state index is 4.27. The molecule has 2 atom stereocenters. The Morgan fingerprint density at radius 3 is 2.94 bits per heavy atom. The van der Waals surface area contributed by atoms with E-state index in [9.17, 15) is 0 Å². The van der Waals surface area contributed by atoms with E-state index in [1.165, 1.54) is 36.9 Å². The molecular weight excluding hydrogens is 332 g/mol. The minimum Gasteiger partial charge on any atom is -0.299 e. The van der Waals surface area contributed by atoms with Gasteiger partial charge in [-0.1, -0.05) is 0 Å². The highest BCUT2D eigenvalue weighted by Crippen LogP contribution is 2.43. The molecule has 0 amide bonds. The molecule has 0 aromatic carbocycles. The highest BCUT2D eigenvalue weighted by atomic mass is 79.9. The van der Waals surface area contributed by atoms with Gasteiger partial charge in [-0.25, -0.2) is 0 Å². The van der Waals surface area contributed by atoms with Crippen molar-refractivity contribution >= 4 is 34.0 Å². The Balaban J connectivity index is 0.000000640. The first-order chi connectivity index (χ1) is 6.86. The molecule has 1 aliphatic carbocycles. The zero-order chi connectivity index (χ0) is 9.54. The van der Waals surface area contributed by atoms with Crippen molar-refractivity contribution in [1.82, 2.24) is 9.88 Å². The molecule has 1 aromatic heterocycles. The van der Waals surface area contributed by atoms with Crippen LogP contribution in [-0.4, -0.2) is 23.5 Å². The minimum atomic E-state index is 0. The molecule has 16 heavy (non-hydrogen) atoms. The Labute approximate surface area is 118 Å². The SMILES string of the molecule is Br.Br.CN1CCC2CCc3ccncc3C21. The van der Waals surface area contributed by atoms with Crippen LogP contribution in [0.2, 0.25) is 0 Å². The number of hydrogen-bond donors (Lipinski definition) is 0. The second kappa shape index (κ2) is 5.61. The lowest BCUT2D eigenvalue weighted by Gasteiger charge is -2.31. The molecule has 0 radical (unpaired) electrons. The number of rotatable bonds is 0. The van der Waals surface area contributed by atoms with Gasteiger partial charge in [0.15, 0.2) is 0 Å². The standard InChI is InChI=1S/C12H16N2.2BrH/c1-14-7-5-10-3-2-9-4-6-13-8-11(9)12(10)14;;/h4,6,8,10,12H,2-3,5,7H2,1H3;2*1H. The zero-order valence-corrected chi connectivity index (χ0v) is 12.9. The van der Waals surface area contributed by atoms with E-state index >= 15 is 0 Å². The summed E-state index contributed by atoms with van der Waals surface area (Å²) < 4.78 is 0. The number of hydrogen-bond acceptors (Lipinski definition) is 2. The molecule has 4 heteroatoms. The van der Waals surface area contributed by atoms with Gasteiger partial charge in [0.25, 0.3) is 0 Å². The number of aromatic nitrogens is 1. The summed E-state index contributed by atoms with van der Waals surface area (Å²) in [5, 5.41) is 0. The molecule has 90 valence electrons. The Hall–Kier alpha value is 0.0700. The van der Waals surface area contributed by atoms with E-state index in [1.807, 2.05) is 6.20 Å². The van der Waals surface area contributed by atoms with Crippen molar-refractivity contribution < 1.29 is 0 Å². The third kappa shape index (κ3) is 2.20. The molecule has 2 unspecified atom stereocenters. The Morgan fingerprint density at radius 1 is 1.31 bits per heavy atom. The first-order valence-corrected chi connectivity index (χ1v) is 5.49. The fourth-order valence-electron chi connectivity index (χ4n) is 3.09. The second-order valence-electron chi connectivity index (χ2n) is 4.59. The summed E-state index contributed by atoms with van der Waals surface area (Å²) in [6, 6.07) is 2.85. The minimum absolute atomic E-state index is 0. The fraction of sp³-hybridized carbons (Fsp3) is 0.583. The number of fused-ring (bicyclic) bond motifs is 3. The van der Waals surface area contributed by atoms with E-state index in [0.29, 0.717) is 6.04 Å². The van der Waals surface area contributed by atoms with Crippen LogP contribution in [-0.2, 0) is 6.42 Å². The Bertz CT molecular complexity index is 357. The lowest BCUT2D eigenvalue weighted by atomic mass is 9.81. The van der Waals surface area contributed by atoms with Crippen LogP contribution in [0.4, 0.5) is 0 Å². The third-order valence-corrected chi connectivity index (χ3v) is 3.82. The van der Waals surface area contributed by atoms with Crippen molar-refractivity contribution in [1.29, 1.82) is 0 Å². The van der Waals surface area contributed by atoms with Crippen molar-refractivity contribution in [2.45, 2.75) is 25.3 Å². The van der Waals surface area contributed by atoms with Crippen molar-refractivity contribution in [3.63, 3.8) is 0 Å². The predicted octanol–water partition coefficient (Wildman–Crippen LogP) is 3.18. The maximum Gasteiger partial charge on any atom is 0.0391 e. The molecular formula is C12H18Br2N2. The van der Waals surface area contributed by atoms with Gasteiger partial charge in [0.1, 0.15) is 0 Å². The topological polar surface area (TPSA) is 16.1 Å². The van der Waals surface area contributed by atoms with Gasteiger partial charge in [0, 0.05) is 18.4 Å². The van der Waals surface area contributed by atoms with Crippen LogP contribution < -0.4 is 0 Å². The molecule has 2 aliphatic rings.